The number of anilines is 2. The summed E-state index contributed by atoms with van der Waals surface area (Å²) in [5.41, 5.74) is 3.85. The zero-order chi connectivity index (χ0) is 23.8. The maximum absolute atomic E-state index is 11.9. The van der Waals surface area contributed by atoms with Gasteiger partial charge >= 0.3 is 5.97 Å². The van der Waals surface area contributed by atoms with Crippen molar-refractivity contribution in [3.63, 3.8) is 0 Å². The Morgan fingerprint density at radius 1 is 0.971 bits per heavy atom. The minimum atomic E-state index is -0.941. The highest BCUT2D eigenvalue weighted by Crippen LogP contribution is 2.30. The van der Waals surface area contributed by atoms with Crippen LogP contribution < -0.4 is 19.7 Å². The highest BCUT2D eigenvalue weighted by atomic mass is 16.5. The highest BCUT2D eigenvalue weighted by Gasteiger charge is 2.19. The summed E-state index contributed by atoms with van der Waals surface area (Å²) in [6.45, 7) is 6.04. The van der Waals surface area contributed by atoms with Crippen molar-refractivity contribution in [2.24, 2.45) is 0 Å². The van der Waals surface area contributed by atoms with Crippen LogP contribution in [0.25, 0.3) is 0 Å². The molecule has 2 N–H and O–H groups in total. The molecule has 0 unspecified atom stereocenters. The Bertz CT molecular complexity index is 1100. The number of carboxylic acids is 1. The van der Waals surface area contributed by atoms with Crippen molar-refractivity contribution >= 4 is 17.3 Å². The molecule has 7 heteroatoms. The number of ether oxygens (including phenoxy) is 3. The summed E-state index contributed by atoms with van der Waals surface area (Å²) in [6, 6.07) is 21.3. The molecule has 0 amide bonds. The van der Waals surface area contributed by atoms with E-state index in [4.69, 9.17) is 14.2 Å². The number of nitrogens with one attached hydrogen (secondary N) is 1. The molecule has 0 saturated carbocycles. The first kappa shape index (κ1) is 23.4. The summed E-state index contributed by atoms with van der Waals surface area (Å²) < 4.78 is 17.2. The smallest absolute Gasteiger partial charge is 0.337 e. The van der Waals surface area contributed by atoms with E-state index in [9.17, 15) is 9.90 Å². The van der Waals surface area contributed by atoms with Gasteiger partial charge in [0.25, 0.3) is 0 Å². The van der Waals surface area contributed by atoms with Gasteiger partial charge in [0.1, 0.15) is 6.61 Å². The predicted octanol–water partition coefficient (Wildman–Crippen LogP) is 4.81. The molecular weight excluding hydrogens is 432 g/mol. The van der Waals surface area contributed by atoms with Crippen molar-refractivity contribution in [1.29, 1.82) is 0 Å². The fraction of sp³-hybridized carbons (Fsp3) is 0.296. The van der Waals surface area contributed by atoms with Gasteiger partial charge in [-0.15, -0.1) is 0 Å². The second kappa shape index (κ2) is 11.4. The molecule has 0 spiro atoms. The molecule has 1 fully saturated rings. The van der Waals surface area contributed by atoms with Gasteiger partial charge in [0.15, 0.2) is 11.5 Å². The van der Waals surface area contributed by atoms with Crippen LogP contribution in [-0.2, 0) is 17.9 Å². The van der Waals surface area contributed by atoms with E-state index in [1.165, 1.54) is 0 Å². The summed E-state index contributed by atoms with van der Waals surface area (Å²) in [4.78, 5) is 13.9. The fourth-order valence-corrected chi connectivity index (χ4v) is 3.89. The summed E-state index contributed by atoms with van der Waals surface area (Å²) in [6.07, 6.45) is 0. The molecule has 1 saturated heterocycles. The van der Waals surface area contributed by atoms with Crippen molar-refractivity contribution in [3.05, 3.63) is 83.4 Å². The lowest BCUT2D eigenvalue weighted by molar-refractivity contribution is 0.0696. The van der Waals surface area contributed by atoms with Gasteiger partial charge in [0, 0.05) is 25.3 Å². The number of aromatic carboxylic acids is 1. The third-order valence-electron chi connectivity index (χ3n) is 5.62. The highest BCUT2D eigenvalue weighted by molar-refractivity contribution is 5.95. The average Bonchev–Trinajstić information content (AvgIpc) is 2.88. The topological polar surface area (TPSA) is 80.3 Å². The molecule has 4 rings (SSSR count). The summed E-state index contributed by atoms with van der Waals surface area (Å²) in [5, 5.41) is 13.1. The fourth-order valence-electron chi connectivity index (χ4n) is 3.89. The van der Waals surface area contributed by atoms with E-state index < -0.39 is 5.97 Å². The Morgan fingerprint density at radius 2 is 1.76 bits per heavy atom. The van der Waals surface area contributed by atoms with E-state index in [2.05, 4.69) is 10.2 Å². The maximum atomic E-state index is 11.9. The standard InChI is InChI=1S/C27H30N2O5/c1-2-33-26-16-21(8-11-25(26)34-19-20-6-4-3-5-7-20)18-28-22-9-10-24(23(17-22)27(30)31)29-12-14-32-15-13-29/h3-11,16-17,28H,2,12-15,18-19H2,1H3,(H,30,31). The van der Waals surface area contributed by atoms with Crippen molar-refractivity contribution in [3.8, 4) is 11.5 Å². The largest absolute Gasteiger partial charge is 0.490 e. The number of hydrogen-bond donors (Lipinski definition) is 2. The number of morpholine rings is 1. The van der Waals surface area contributed by atoms with E-state index in [0.717, 1.165) is 22.5 Å². The van der Waals surface area contributed by atoms with Crippen LogP contribution >= 0.6 is 0 Å². The molecule has 3 aromatic carbocycles. The van der Waals surface area contributed by atoms with Crippen molar-refractivity contribution in [2.75, 3.05) is 43.1 Å². The molecule has 3 aromatic rings. The van der Waals surface area contributed by atoms with Crippen molar-refractivity contribution in [1.82, 2.24) is 0 Å². The van der Waals surface area contributed by atoms with Gasteiger partial charge < -0.3 is 29.5 Å². The lowest BCUT2D eigenvalue weighted by Crippen LogP contribution is -2.37. The maximum Gasteiger partial charge on any atom is 0.337 e. The molecular formula is C27H30N2O5. The molecule has 0 atom stereocenters. The van der Waals surface area contributed by atoms with Gasteiger partial charge in [-0.1, -0.05) is 36.4 Å². The number of rotatable bonds is 10. The Morgan fingerprint density at radius 3 is 2.50 bits per heavy atom. The molecule has 178 valence electrons. The molecule has 0 radical (unpaired) electrons. The molecule has 0 bridgehead atoms. The summed E-state index contributed by atoms with van der Waals surface area (Å²) >= 11 is 0. The second-order valence-corrected chi connectivity index (χ2v) is 7.98. The van der Waals surface area contributed by atoms with E-state index in [1.807, 2.05) is 67.6 Å². The van der Waals surface area contributed by atoms with Crippen LogP contribution in [0.5, 0.6) is 11.5 Å². The normalized spacial score (nSPS) is 13.4. The monoisotopic (exact) mass is 462 g/mol. The Balaban J connectivity index is 1.44. The Labute approximate surface area is 199 Å². The molecule has 1 aliphatic rings. The minimum absolute atomic E-state index is 0.284. The van der Waals surface area contributed by atoms with E-state index in [-0.39, 0.29) is 5.56 Å². The van der Waals surface area contributed by atoms with Crippen molar-refractivity contribution in [2.45, 2.75) is 20.1 Å². The predicted molar refractivity (Wildman–Crippen MR) is 132 cm³/mol. The van der Waals surface area contributed by atoms with E-state index in [1.54, 1.807) is 6.07 Å². The lowest BCUT2D eigenvalue weighted by atomic mass is 10.1. The van der Waals surface area contributed by atoms with Gasteiger partial charge in [-0.05, 0) is 48.4 Å². The zero-order valence-electron chi connectivity index (χ0n) is 19.3. The average molecular weight is 463 g/mol. The molecule has 7 nitrogen and oxygen atoms in total. The quantitative estimate of drug-likeness (QED) is 0.447. The van der Waals surface area contributed by atoms with Gasteiger partial charge in [0.05, 0.1) is 31.1 Å². The number of hydrogen-bond acceptors (Lipinski definition) is 6. The van der Waals surface area contributed by atoms with Crippen LogP contribution in [0.4, 0.5) is 11.4 Å². The third kappa shape index (κ3) is 5.99. The van der Waals surface area contributed by atoms with Crippen LogP contribution in [0, 0.1) is 0 Å². The molecule has 0 aliphatic carbocycles. The van der Waals surface area contributed by atoms with Gasteiger partial charge in [-0.2, -0.15) is 0 Å². The van der Waals surface area contributed by atoms with Gasteiger partial charge in [0.2, 0.25) is 0 Å². The number of benzene rings is 3. The number of carbonyl (C=O) groups is 1. The van der Waals surface area contributed by atoms with Crippen LogP contribution in [-0.4, -0.2) is 44.0 Å². The Hall–Kier alpha value is -3.71. The third-order valence-corrected chi connectivity index (χ3v) is 5.62. The van der Waals surface area contributed by atoms with Crippen LogP contribution in [0.1, 0.15) is 28.4 Å². The molecule has 1 aliphatic heterocycles. The van der Waals surface area contributed by atoms with Crippen LogP contribution in [0.3, 0.4) is 0 Å². The molecule has 1 heterocycles. The first-order chi connectivity index (χ1) is 16.6. The zero-order valence-corrected chi connectivity index (χ0v) is 19.3. The van der Waals surface area contributed by atoms with Crippen molar-refractivity contribution < 1.29 is 24.1 Å². The minimum Gasteiger partial charge on any atom is -0.490 e. The van der Waals surface area contributed by atoms with E-state index in [0.29, 0.717) is 57.6 Å². The lowest BCUT2D eigenvalue weighted by Gasteiger charge is -2.30. The number of nitrogens with zero attached hydrogens (tertiary/aromatic N) is 1. The summed E-state index contributed by atoms with van der Waals surface area (Å²) in [5.74, 6) is 0.438. The van der Waals surface area contributed by atoms with Gasteiger partial charge in [-0.3, -0.25) is 0 Å². The molecule has 34 heavy (non-hydrogen) atoms. The van der Waals surface area contributed by atoms with E-state index >= 15 is 0 Å². The van der Waals surface area contributed by atoms with Gasteiger partial charge in [-0.25, -0.2) is 4.79 Å². The van der Waals surface area contributed by atoms with Crippen LogP contribution in [0.15, 0.2) is 66.7 Å². The molecule has 0 aromatic heterocycles. The van der Waals surface area contributed by atoms with Crippen LogP contribution in [0.2, 0.25) is 0 Å². The summed E-state index contributed by atoms with van der Waals surface area (Å²) in [7, 11) is 0. The first-order valence-corrected chi connectivity index (χ1v) is 11.5. The Kier molecular flexibility index (Phi) is 7.88. The second-order valence-electron chi connectivity index (χ2n) is 7.98. The first-order valence-electron chi connectivity index (χ1n) is 11.5. The SMILES string of the molecule is CCOc1cc(CNc2ccc(N3CCOCC3)c(C(=O)O)c2)ccc1OCc1ccccc1. The number of carboxylic acid groups (broad SMARTS) is 1.